The number of rotatable bonds is 7. The number of unbranched alkanes of at least 4 members (excludes halogenated alkanes) is 1. The minimum atomic E-state index is -0.228. The van der Waals surface area contributed by atoms with E-state index in [-0.39, 0.29) is 5.41 Å². The molecule has 0 heterocycles. The molecule has 1 rings (SSSR count). The third-order valence-electron chi connectivity index (χ3n) is 3.01. The van der Waals surface area contributed by atoms with Crippen molar-refractivity contribution in [1.29, 1.82) is 5.26 Å². The lowest BCUT2D eigenvalue weighted by atomic mass is 9.89. The molecular weight excluding hydrogens is 260 g/mol. The molecule has 0 fully saturated rings. The van der Waals surface area contributed by atoms with Crippen LogP contribution in [0.1, 0.15) is 33.1 Å². The van der Waals surface area contributed by atoms with Crippen molar-refractivity contribution >= 4 is 17.3 Å². The van der Waals surface area contributed by atoms with Gasteiger partial charge in [0.05, 0.1) is 24.3 Å². The van der Waals surface area contributed by atoms with Crippen LogP contribution in [0.2, 0.25) is 5.02 Å². The number of anilines is 1. The Morgan fingerprint density at radius 3 is 2.74 bits per heavy atom. The zero-order valence-corrected chi connectivity index (χ0v) is 12.5. The molecule has 0 amide bonds. The Labute approximate surface area is 120 Å². The molecule has 0 saturated heterocycles. The van der Waals surface area contributed by atoms with Gasteiger partial charge >= 0.3 is 0 Å². The van der Waals surface area contributed by atoms with Crippen LogP contribution in [0.25, 0.3) is 0 Å². The van der Waals surface area contributed by atoms with Crippen LogP contribution in [0.4, 0.5) is 5.69 Å². The summed E-state index contributed by atoms with van der Waals surface area (Å²) in [6.07, 6.45) is 2.95. The molecular formula is C15H21ClN2O. The summed E-state index contributed by atoms with van der Waals surface area (Å²) in [5.74, 6) is 0.793. The molecule has 0 saturated carbocycles. The van der Waals surface area contributed by atoms with Gasteiger partial charge in [-0.1, -0.05) is 18.0 Å². The predicted octanol–water partition coefficient (Wildman–Crippen LogP) is 4.48. The highest BCUT2D eigenvalue weighted by molar-refractivity contribution is 6.30. The number of halogens is 1. The summed E-state index contributed by atoms with van der Waals surface area (Å²) >= 11 is 5.96. The van der Waals surface area contributed by atoms with E-state index in [2.05, 4.69) is 11.4 Å². The Morgan fingerprint density at radius 2 is 2.11 bits per heavy atom. The highest BCUT2D eigenvalue weighted by atomic mass is 35.5. The average Bonchev–Trinajstić information content (AvgIpc) is 2.38. The predicted molar refractivity (Wildman–Crippen MR) is 79.7 cm³/mol. The molecule has 4 heteroatoms. The lowest BCUT2D eigenvalue weighted by molar-refractivity contribution is 0.415. The molecule has 0 unspecified atom stereocenters. The monoisotopic (exact) mass is 280 g/mol. The lowest BCUT2D eigenvalue weighted by Crippen LogP contribution is -2.09. The van der Waals surface area contributed by atoms with Crippen molar-refractivity contribution in [3.8, 4) is 11.8 Å². The number of benzene rings is 1. The lowest BCUT2D eigenvalue weighted by Gasteiger charge is -2.15. The van der Waals surface area contributed by atoms with Crippen molar-refractivity contribution in [3.05, 3.63) is 23.2 Å². The zero-order valence-electron chi connectivity index (χ0n) is 11.8. The van der Waals surface area contributed by atoms with E-state index in [4.69, 9.17) is 21.6 Å². The van der Waals surface area contributed by atoms with Gasteiger partial charge in [-0.05, 0) is 44.9 Å². The average molecular weight is 281 g/mol. The van der Waals surface area contributed by atoms with Crippen LogP contribution in [0.3, 0.4) is 0 Å². The third kappa shape index (κ3) is 5.40. The normalized spacial score (nSPS) is 10.9. The molecule has 0 radical (unpaired) electrons. The molecule has 0 atom stereocenters. The Kier molecular flexibility index (Phi) is 5.98. The summed E-state index contributed by atoms with van der Waals surface area (Å²) in [5.41, 5.74) is 0.683. The minimum Gasteiger partial charge on any atom is -0.495 e. The quantitative estimate of drug-likeness (QED) is 0.749. The second kappa shape index (κ2) is 7.25. The van der Waals surface area contributed by atoms with E-state index in [9.17, 15) is 0 Å². The van der Waals surface area contributed by atoms with Crippen LogP contribution in [-0.4, -0.2) is 13.7 Å². The van der Waals surface area contributed by atoms with Crippen LogP contribution < -0.4 is 10.1 Å². The smallest absolute Gasteiger partial charge is 0.142 e. The standard InChI is InChI=1S/C15H21ClN2O/c1-15(2,11-17)8-4-5-9-18-13-10-12(16)6-7-14(13)19-3/h6-7,10,18H,4-5,8-9H2,1-3H3. The van der Waals surface area contributed by atoms with Crippen molar-refractivity contribution in [2.45, 2.75) is 33.1 Å². The summed E-state index contributed by atoms with van der Waals surface area (Å²) in [6, 6.07) is 7.84. The Morgan fingerprint density at radius 1 is 1.37 bits per heavy atom. The first kappa shape index (κ1) is 15.7. The van der Waals surface area contributed by atoms with E-state index >= 15 is 0 Å². The second-order valence-corrected chi connectivity index (χ2v) is 5.66. The Bertz CT molecular complexity index is 452. The molecule has 0 aliphatic heterocycles. The first-order valence-corrected chi connectivity index (χ1v) is 6.85. The summed E-state index contributed by atoms with van der Waals surface area (Å²) in [6.45, 7) is 4.79. The fourth-order valence-corrected chi connectivity index (χ4v) is 1.96. The molecule has 1 aromatic carbocycles. The van der Waals surface area contributed by atoms with Gasteiger partial charge < -0.3 is 10.1 Å². The summed E-state index contributed by atoms with van der Waals surface area (Å²) < 4.78 is 5.26. The fourth-order valence-electron chi connectivity index (χ4n) is 1.79. The SMILES string of the molecule is COc1ccc(Cl)cc1NCCCCC(C)(C)C#N. The summed E-state index contributed by atoms with van der Waals surface area (Å²) in [5, 5.41) is 12.9. The van der Waals surface area contributed by atoms with Gasteiger partial charge in [0.2, 0.25) is 0 Å². The molecule has 19 heavy (non-hydrogen) atoms. The first-order chi connectivity index (χ1) is 8.98. The van der Waals surface area contributed by atoms with Crippen molar-refractivity contribution in [1.82, 2.24) is 0 Å². The van der Waals surface area contributed by atoms with Gasteiger partial charge in [0, 0.05) is 11.6 Å². The molecule has 0 aromatic heterocycles. The van der Waals surface area contributed by atoms with Gasteiger partial charge in [-0.25, -0.2) is 0 Å². The fraction of sp³-hybridized carbons (Fsp3) is 0.533. The van der Waals surface area contributed by atoms with Crippen LogP contribution in [0.5, 0.6) is 5.75 Å². The van der Waals surface area contributed by atoms with Gasteiger partial charge in [-0.15, -0.1) is 0 Å². The van der Waals surface area contributed by atoms with E-state index in [1.807, 2.05) is 26.0 Å². The maximum Gasteiger partial charge on any atom is 0.142 e. The maximum atomic E-state index is 8.93. The molecule has 0 aliphatic rings. The maximum absolute atomic E-state index is 8.93. The van der Waals surface area contributed by atoms with Crippen molar-refractivity contribution in [2.24, 2.45) is 5.41 Å². The molecule has 0 spiro atoms. The number of hydrogen-bond donors (Lipinski definition) is 1. The number of nitrogens with zero attached hydrogens (tertiary/aromatic N) is 1. The van der Waals surface area contributed by atoms with Gasteiger partial charge in [0.25, 0.3) is 0 Å². The number of nitrogens with one attached hydrogen (secondary N) is 1. The van der Waals surface area contributed by atoms with Gasteiger partial charge in [0.1, 0.15) is 5.75 Å². The number of nitriles is 1. The number of hydrogen-bond acceptors (Lipinski definition) is 3. The largest absolute Gasteiger partial charge is 0.495 e. The van der Waals surface area contributed by atoms with Crippen LogP contribution in [0, 0.1) is 16.7 Å². The van der Waals surface area contributed by atoms with Gasteiger partial charge in [-0.3, -0.25) is 0 Å². The Balaban J connectivity index is 2.38. The molecule has 1 aromatic rings. The third-order valence-corrected chi connectivity index (χ3v) is 3.24. The van der Waals surface area contributed by atoms with E-state index in [1.165, 1.54) is 0 Å². The minimum absolute atomic E-state index is 0.228. The Hall–Kier alpha value is -1.40. The summed E-state index contributed by atoms with van der Waals surface area (Å²) in [7, 11) is 1.64. The molecule has 0 aliphatic carbocycles. The van der Waals surface area contributed by atoms with Crippen LogP contribution in [-0.2, 0) is 0 Å². The zero-order chi connectivity index (χ0) is 14.3. The van der Waals surface area contributed by atoms with Crippen molar-refractivity contribution < 1.29 is 4.74 Å². The first-order valence-electron chi connectivity index (χ1n) is 6.47. The number of methoxy groups -OCH3 is 1. The highest BCUT2D eigenvalue weighted by Crippen LogP contribution is 2.28. The molecule has 1 N–H and O–H groups in total. The topological polar surface area (TPSA) is 45.0 Å². The van der Waals surface area contributed by atoms with Crippen LogP contribution >= 0.6 is 11.6 Å². The van der Waals surface area contributed by atoms with E-state index < -0.39 is 0 Å². The number of ether oxygens (including phenoxy) is 1. The molecule has 104 valence electrons. The van der Waals surface area contributed by atoms with E-state index in [1.54, 1.807) is 13.2 Å². The van der Waals surface area contributed by atoms with E-state index in [0.717, 1.165) is 37.2 Å². The van der Waals surface area contributed by atoms with Gasteiger partial charge in [-0.2, -0.15) is 5.26 Å². The van der Waals surface area contributed by atoms with Gasteiger partial charge in [0.15, 0.2) is 0 Å². The highest BCUT2D eigenvalue weighted by Gasteiger charge is 2.15. The van der Waals surface area contributed by atoms with E-state index in [0.29, 0.717) is 5.02 Å². The summed E-state index contributed by atoms with van der Waals surface area (Å²) in [4.78, 5) is 0. The second-order valence-electron chi connectivity index (χ2n) is 5.22. The van der Waals surface area contributed by atoms with Crippen molar-refractivity contribution in [2.75, 3.05) is 19.0 Å². The van der Waals surface area contributed by atoms with Crippen molar-refractivity contribution in [3.63, 3.8) is 0 Å². The van der Waals surface area contributed by atoms with Crippen LogP contribution in [0.15, 0.2) is 18.2 Å². The molecule has 3 nitrogen and oxygen atoms in total. The molecule has 0 bridgehead atoms.